The molecule has 0 aliphatic carbocycles. The Kier molecular flexibility index (Phi) is 10.9. The lowest BCUT2D eigenvalue weighted by molar-refractivity contribution is -0.144. The number of aliphatic hydroxyl groups is 2. The summed E-state index contributed by atoms with van der Waals surface area (Å²) in [5, 5.41) is 25.9. The van der Waals surface area contributed by atoms with Gasteiger partial charge in [-0.15, -0.1) is 11.8 Å². The van der Waals surface area contributed by atoms with Crippen LogP contribution in [0.1, 0.15) is 48.9 Å². The first kappa shape index (κ1) is 35.6. The third-order valence-electron chi connectivity index (χ3n) is 10.0. The number of carbonyl (C=O) groups is 3. The fraction of sp³-hybridized carbons (Fsp3) is 0.636. The van der Waals surface area contributed by atoms with Gasteiger partial charge in [0.2, 0.25) is 5.91 Å². The summed E-state index contributed by atoms with van der Waals surface area (Å²) in [6.45, 7) is 5.01. The number of aliphatic hydroxyl groups excluding tert-OH is 2. The molecule has 4 N–H and O–H groups in total. The molecule has 12 nitrogen and oxygen atoms in total. The van der Waals surface area contributed by atoms with Gasteiger partial charge in [0.15, 0.2) is 0 Å². The third kappa shape index (κ3) is 8.25. The van der Waals surface area contributed by atoms with Gasteiger partial charge in [0.1, 0.15) is 0 Å². The number of piperidine rings is 1. The van der Waals surface area contributed by atoms with Crippen molar-refractivity contribution in [2.45, 2.75) is 80.9 Å². The molecule has 0 saturated carbocycles. The summed E-state index contributed by atoms with van der Waals surface area (Å²) in [5.41, 5.74) is 6.79. The summed E-state index contributed by atoms with van der Waals surface area (Å²) in [6.07, 6.45) is -1.83. The number of alkyl halides is 3. The maximum absolute atomic E-state index is 14.1. The average molecular weight is 708 g/mol. The van der Waals surface area contributed by atoms with Crippen molar-refractivity contribution in [2.24, 2.45) is 5.73 Å². The molecule has 5 heterocycles. The molecule has 4 aliphatic rings. The Balaban J connectivity index is 1.20. The van der Waals surface area contributed by atoms with Crippen LogP contribution in [0.25, 0.3) is 11.3 Å². The van der Waals surface area contributed by atoms with Crippen molar-refractivity contribution in [1.29, 1.82) is 0 Å². The zero-order valence-electron chi connectivity index (χ0n) is 27.4. The Morgan fingerprint density at radius 3 is 2.45 bits per heavy atom. The Bertz CT molecular complexity index is 1540. The molecule has 16 heteroatoms. The van der Waals surface area contributed by atoms with Crippen LogP contribution in [-0.4, -0.2) is 134 Å². The molecule has 3 fully saturated rings. The highest BCUT2D eigenvalue weighted by atomic mass is 32.2. The quantitative estimate of drug-likeness (QED) is 0.247. The molecule has 1 aromatic carbocycles. The number of likely N-dealkylation sites (tertiary alicyclic amines) is 3. The SMILES string of the molecule is NC(=O)C(=O)N1CCc2c(c(-c3ccc(C(F)(F)F)c(SCCN4CCCC4)c3)nn2C[C@@H](O)CN2CCC(N3C[C@H](O)CC3=O)CC2)C1. The van der Waals surface area contributed by atoms with Crippen LogP contribution in [0.5, 0.6) is 0 Å². The zero-order valence-corrected chi connectivity index (χ0v) is 28.2. The van der Waals surface area contributed by atoms with E-state index in [9.17, 15) is 37.8 Å². The highest BCUT2D eigenvalue weighted by molar-refractivity contribution is 7.99. The molecule has 6 rings (SSSR count). The van der Waals surface area contributed by atoms with Gasteiger partial charge in [0.25, 0.3) is 0 Å². The molecule has 0 unspecified atom stereocenters. The Hall–Kier alpha value is -3.18. The van der Waals surface area contributed by atoms with Crippen LogP contribution >= 0.6 is 11.8 Å². The van der Waals surface area contributed by atoms with Gasteiger partial charge in [-0.1, -0.05) is 6.07 Å². The van der Waals surface area contributed by atoms with Crippen molar-refractivity contribution in [3.05, 3.63) is 35.0 Å². The topological polar surface area (TPSA) is 148 Å². The van der Waals surface area contributed by atoms with Crippen molar-refractivity contribution < 1.29 is 37.8 Å². The van der Waals surface area contributed by atoms with E-state index in [1.165, 1.54) is 17.0 Å². The second kappa shape index (κ2) is 15.0. The third-order valence-corrected chi connectivity index (χ3v) is 11.1. The highest BCUT2D eigenvalue weighted by Gasteiger charge is 2.37. The molecular weight excluding hydrogens is 663 g/mol. The van der Waals surface area contributed by atoms with Gasteiger partial charge in [-0.2, -0.15) is 18.3 Å². The van der Waals surface area contributed by atoms with Crippen molar-refractivity contribution in [1.82, 2.24) is 29.4 Å². The predicted octanol–water partition coefficient (Wildman–Crippen LogP) is 1.55. The van der Waals surface area contributed by atoms with Gasteiger partial charge in [-0.05, 0) is 50.9 Å². The molecule has 49 heavy (non-hydrogen) atoms. The lowest BCUT2D eigenvalue weighted by atomic mass is 9.99. The van der Waals surface area contributed by atoms with Gasteiger partial charge in [-0.3, -0.25) is 19.1 Å². The Morgan fingerprint density at radius 2 is 1.80 bits per heavy atom. The van der Waals surface area contributed by atoms with Gasteiger partial charge in [-0.25, -0.2) is 0 Å². The molecule has 1 aromatic heterocycles. The lowest BCUT2D eigenvalue weighted by Crippen LogP contribution is -2.47. The first-order valence-corrected chi connectivity index (χ1v) is 18.0. The number of hydrogen-bond acceptors (Lipinski definition) is 9. The van der Waals surface area contributed by atoms with E-state index in [1.54, 1.807) is 9.58 Å². The number of benzene rings is 1. The summed E-state index contributed by atoms with van der Waals surface area (Å²) in [4.78, 5) is 44.1. The largest absolute Gasteiger partial charge is 0.417 e. The van der Waals surface area contributed by atoms with E-state index in [2.05, 4.69) is 9.80 Å². The minimum atomic E-state index is -4.54. The van der Waals surface area contributed by atoms with E-state index >= 15 is 0 Å². The molecule has 268 valence electrons. The Morgan fingerprint density at radius 1 is 1.06 bits per heavy atom. The van der Waals surface area contributed by atoms with Gasteiger partial charge in [0.05, 0.1) is 43.0 Å². The number of aromatic nitrogens is 2. The number of fused-ring (bicyclic) bond motifs is 1. The van der Waals surface area contributed by atoms with Crippen LogP contribution in [0.3, 0.4) is 0 Å². The normalized spacial score (nSPS) is 21.8. The monoisotopic (exact) mass is 707 g/mol. The number of halogens is 3. The first-order valence-electron chi connectivity index (χ1n) is 17.0. The van der Waals surface area contributed by atoms with Crippen LogP contribution in [0.15, 0.2) is 23.1 Å². The highest BCUT2D eigenvalue weighted by Crippen LogP contribution is 2.40. The molecule has 2 atom stereocenters. The van der Waals surface area contributed by atoms with E-state index in [0.717, 1.165) is 62.3 Å². The van der Waals surface area contributed by atoms with Crippen LogP contribution in [0.2, 0.25) is 0 Å². The van der Waals surface area contributed by atoms with Crippen LogP contribution in [-0.2, 0) is 40.1 Å². The number of nitrogens with two attached hydrogens (primary N) is 1. The number of β-amino-alcohol motifs (C(OH)–C–C–N with tert-alkyl or cyclic N) is 2. The van der Waals surface area contributed by atoms with Crippen LogP contribution < -0.4 is 5.73 Å². The first-order chi connectivity index (χ1) is 23.4. The van der Waals surface area contributed by atoms with Gasteiger partial charge in [0, 0.05) is 79.2 Å². The van der Waals surface area contributed by atoms with Crippen molar-refractivity contribution in [3.8, 4) is 11.3 Å². The predicted molar refractivity (Wildman–Crippen MR) is 175 cm³/mol. The van der Waals surface area contributed by atoms with E-state index in [1.807, 2.05) is 0 Å². The molecule has 3 amide bonds. The standard InChI is InChI=1S/C33H44F3N7O5S/c34-33(35,36)26-4-3-21(15-28(26)49-14-13-39-8-1-2-9-39)30-25-20-41(32(48)31(37)47)12-7-27(25)43(38-30)19-24(45)17-40-10-5-22(6-11-40)42-18-23(44)16-29(42)46/h3-4,15,22-24,44-45H,1-2,5-14,16-20H2,(H2,37,47)/t23-,24+/m1/s1. The summed E-state index contributed by atoms with van der Waals surface area (Å²) >= 11 is 1.16. The lowest BCUT2D eigenvalue weighted by Gasteiger charge is -2.37. The summed E-state index contributed by atoms with van der Waals surface area (Å²) in [5.74, 6) is -1.46. The number of nitrogens with zero attached hydrogens (tertiary/aromatic N) is 6. The number of amides is 3. The molecule has 0 radical (unpaired) electrons. The average Bonchev–Trinajstić information content (AvgIpc) is 3.79. The molecule has 4 aliphatic heterocycles. The minimum absolute atomic E-state index is 0.0123. The number of carbonyl (C=O) groups excluding carboxylic acids is 3. The second-order valence-electron chi connectivity index (χ2n) is 13.5. The number of rotatable bonds is 10. The van der Waals surface area contributed by atoms with Crippen molar-refractivity contribution in [2.75, 3.05) is 58.1 Å². The Labute approximate surface area is 287 Å². The van der Waals surface area contributed by atoms with E-state index in [4.69, 9.17) is 10.8 Å². The summed E-state index contributed by atoms with van der Waals surface area (Å²) in [7, 11) is 0. The minimum Gasteiger partial charge on any atom is -0.391 e. The van der Waals surface area contributed by atoms with E-state index in [0.29, 0.717) is 61.7 Å². The maximum Gasteiger partial charge on any atom is 0.417 e. The van der Waals surface area contributed by atoms with Gasteiger partial charge >= 0.3 is 18.0 Å². The smallest absolute Gasteiger partial charge is 0.391 e. The summed E-state index contributed by atoms with van der Waals surface area (Å²) in [6, 6.07) is 4.03. The fourth-order valence-electron chi connectivity index (χ4n) is 7.55. The molecular formula is C33H44F3N7O5S. The molecule has 0 spiro atoms. The zero-order chi connectivity index (χ0) is 34.9. The van der Waals surface area contributed by atoms with Crippen molar-refractivity contribution >= 4 is 29.5 Å². The van der Waals surface area contributed by atoms with Crippen molar-refractivity contribution in [3.63, 3.8) is 0 Å². The number of hydrogen-bond donors (Lipinski definition) is 3. The summed E-state index contributed by atoms with van der Waals surface area (Å²) < 4.78 is 43.9. The van der Waals surface area contributed by atoms with Crippen LogP contribution in [0.4, 0.5) is 13.2 Å². The number of thioether (sulfide) groups is 1. The van der Waals surface area contributed by atoms with Crippen LogP contribution in [0, 0.1) is 0 Å². The second-order valence-corrected chi connectivity index (χ2v) is 14.6. The number of primary amides is 1. The fourth-order valence-corrected chi connectivity index (χ4v) is 8.67. The van der Waals surface area contributed by atoms with E-state index in [-0.39, 0.29) is 42.9 Å². The molecule has 0 bridgehead atoms. The maximum atomic E-state index is 14.1. The van der Waals surface area contributed by atoms with Gasteiger partial charge < -0.3 is 35.5 Å². The van der Waals surface area contributed by atoms with E-state index < -0.39 is 35.8 Å². The molecule has 2 aromatic rings. The molecule has 3 saturated heterocycles.